The van der Waals surface area contributed by atoms with Gasteiger partial charge in [0, 0.05) is 12.1 Å². The number of rotatable bonds is 16. The van der Waals surface area contributed by atoms with Gasteiger partial charge in [0.25, 0.3) is 0 Å². The molecule has 0 aromatic heterocycles. The van der Waals surface area contributed by atoms with E-state index in [2.05, 4.69) is 39.2 Å². The summed E-state index contributed by atoms with van der Waals surface area (Å²) in [4.78, 5) is 81.2. The number of carbonyl (C=O) groups is 6. The second-order valence-corrected chi connectivity index (χ2v) is 24.1. The van der Waals surface area contributed by atoms with Crippen LogP contribution in [0.5, 0.6) is 0 Å². The van der Waals surface area contributed by atoms with Crippen molar-refractivity contribution in [3.8, 4) is 0 Å². The summed E-state index contributed by atoms with van der Waals surface area (Å²) in [5.41, 5.74) is -1.86. The quantitative estimate of drug-likeness (QED) is 0.0600. The average molecular weight is 821 g/mol. The summed E-state index contributed by atoms with van der Waals surface area (Å²) in [5.74, 6) is -3.05. The minimum absolute atomic E-state index is 0.0544. The number of unbranched alkanes of at least 4 members (excludes halogenated alkanes) is 1. The van der Waals surface area contributed by atoms with Crippen LogP contribution in [0.25, 0.3) is 0 Å². The van der Waals surface area contributed by atoms with E-state index >= 15 is 0 Å². The molecule has 1 aliphatic heterocycles. The second kappa shape index (κ2) is 19.8. The van der Waals surface area contributed by atoms with Crippen molar-refractivity contribution in [1.82, 2.24) is 4.90 Å². The maximum absolute atomic E-state index is 14.5. The Balaban J connectivity index is 2.70. The number of nitrogens with one attached hydrogen (secondary N) is 1. The van der Waals surface area contributed by atoms with E-state index in [0.29, 0.717) is 24.9 Å². The number of nitrogens with zero attached hydrogens (tertiary/aromatic N) is 1. The van der Waals surface area contributed by atoms with Gasteiger partial charge in [0.2, 0.25) is 12.3 Å². The van der Waals surface area contributed by atoms with Crippen molar-refractivity contribution in [1.29, 1.82) is 0 Å². The number of carbonyl (C=O) groups excluding carboxylic acids is 6. The van der Waals surface area contributed by atoms with Crippen molar-refractivity contribution in [2.45, 2.75) is 164 Å². The summed E-state index contributed by atoms with van der Waals surface area (Å²) in [6.07, 6.45) is -4.51. The Morgan fingerprint density at radius 3 is 1.86 bits per heavy atom. The van der Waals surface area contributed by atoms with Crippen LogP contribution in [0.4, 0.5) is 5.69 Å². The number of benzene rings is 1. The van der Waals surface area contributed by atoms with Crippen molar-refractivity contribution in [2.24, 2.45) is 16.2 Å². The standard InChI is InChI=1S/C42H68N2O12Si/c1-39(2,3)36(48)54-30-25-52-35(33(56-38(50)41(7,8)9)32(30)55-37(49)40(4,5)6)44(26-45)29(22-18-19-23-31(46)51-13)34(47)43-28-21-17-16-20-27(28)24-53-57(14,15)42(10,11)12/h16-17,20-21,26,29-30,32-33,35H,18-19,22-25H2,1-15H3,(H,43,47)/t29-,30+,32+,33-,35-/m0/s1. The third-order valence-electron chi connectivity index (χ3n) is 10.1. The second-order valence-electron chi connectivity index (χ2n) is 19.2. The van der Waals surface area contributed by atoms with Crippen LogP contribution in [-0.4, -0.2) is 93.7 Å². The van der Waals surface area contributed by atoms with Crippen LogP contribution in [-0.2, 0) is 63.5 Å². The molecule has 0 radical (unpaired) electrons. The molecule has 57 heavy (non-hydrogen) atoms. The van der Waals surface area contributed by atoms with Gasteiger partial charge in [-0.3, -0.25) is 28.8 Å². The van der Waals surface area contributed by atoms with Crippen molar-refractivity contribution in [3.05, 3.63) is 29.8 Å². The summed E-state index contributed by atoms with van der Waals surface area (Å²) < 4.78 is 35.4. The van der Waals surface area contributed by atoms with Gasteiger partial charge >= 0.3 is 23.9 Å². The Labute approximate surface area is 340 Å². The molecule has 14 nitrogen and oxygen atoms in total. The zero-order valence-corrected chi connectivity index (χ0v) is 37.9. The lowest BCUT2D eigenvalue weighted by Gasteiger charge is -2.46. The van der Waals surface area contributed by atoms with Crippen LogP contribution in [0.2, 0.25) is 18.1 Å². The molecule has 0 saturated carbocycles. The van der Waals surface area contributed by atoms with E-state index in [4.69, 9.17) is 28.1 Å². The van der Waals surface area contributed by atoms with Crippen molar-refractivity contribution < 1.29 is 56.9 Å². The molecule has 2 rings (SSSR count). The Morgan fingerprint density at radius 2 is 1.35 bits per heavy atom. The minimum Gasteiger partial charge on any atom is -0.469 e. The molecule has 2 amide bonds. The predicted molar refractivity (Wildman–Crippen MR) is 217 cm³/mol. The fourth-order valence-electron chi connectivity index (χ4n) is 5.19. The van der Waals surface area contributed by atoms with Crippen LogP contribution in [0, 0.1) is 16.2 Å². The largest absolute Gasteiger partial charge is 0.469 e. The van der Waals surface area contributed by atoms with Gasteiger partial charge in [-0.2, -0.15) is 0 Å². The Bertz CT molecular complexity index is 1570. The highest BCUT2D eigenvalue weighted by Crippen LogP contribution is 2.38. The molecule has 1 saturated heterocycles. The maximum atomic E-state index is 14.5. The molecule has 1 aliphatic rings. The summed E-state index contributed by atoms with van der Waals surface area (Å²) in [5, 5.41) is 2.93. The molecule has 5 atom stereocenters. The molecular formula is C42H68N2O12Si. The highest BCUT2D eigenvalue weighted by atomic mass is 28.4. The normalized spacial score (nSPS) is 19.8. The number of amides is 2. The molecule has 0 spiro atoms. The highest BCUT2D eigenvalue weighted by molar-refractivity contribution is 6.74. The molecule has 0 aliphatic carbocycles. The average Bonchev–Trinajstić information content (AvgIpc) is 3.08. The molecule has 1 aromatic rings. The van der Waals surface area contributed by atoms with Crippen molar-refractivity contribution >= 4 is 50.2 Å². The third-order valence-corrected chi connectivity index (χ3v) is 14.5. The summed E-state index contributed by atoms with van der Waals surface area (Å²) >= 11 is 0. The van der Waals surface area contributed by atoms with E-state index < -0.39 is 84.9 Å². The molecule has 1 fully saturated rings. The molecule has 1 aromatic carbocycles. The zero-order chi connectivity index (χ0) is 43.7. The first-order chi connectivity index (χ1) is 26.0. The molecule has 1 heterocycles. The van der Waals surface area contributed by atoms with Gasteiger partial charge in [-0.25, -0.2) is 0 Å². The SMILES string of the molecule is COC(=O)CCCC[C@@H](C(=O)Nc1ccccc1CO[Si](C)(C)C(C)(C)C)N(C=O)[C@H]1OC[C@@H](OC(=O)C(C)(C)C)[C@@H](OC(=O)C(C)(C)C)[C@@H]1OC(=O)C(C)(C)C. The number of hydrogen-bond acceptors (Lipinski definition) is 12. The number of hydrogen-bond donors (Lipinski definition) is 1. The van der Waals surface area contributed by atoms with E-state index in [0.717, 1.165) is 10.5 Å². The van der Waals surface area contributed by atoms with E-state index in [9.17, 15) is 28.8 Å². The zero-order valence-electron chi connectivity index (χ0n) is 36.9. The maximum Gasteiger partial charge on any atom is 0.311 e. The number of methoxy groups -OCH3 is 1. The van der Waals surface area contributed by atoms with Gasteiger partial charge in [-0.15, -0.1) is 0 Å². The molecular weight excluding hydrogens is 753 g/mol. The van der Waals surface area contributed by atoms with E-state index in [1.807, 2.05) is 12.1 Å². The number of ether oxygens (including phenoxy) is 5. The first-order valence-corrected chi connectivity index (χ1v) is 22.5. The molecule has 1 N–H and O–H groups in total. The van der Waals surface area contributed by atoms with Gasteiger partial charge in [-0.05, 0) is 105 Å². The lowest BCUT2D eigenvalue weighted by atomic mass is 9.94. The fraction of sp³-hybridized carbons (Fsp3) is 0.714. The molecule has 15 heteroatoms. The number of para-hydroxylation sites is 1. The fourth-order valence-corrected chi connectivity index (χ4v) is 6.14. The van der Waals surface area contributed by atoms with Gasteiger partial charge in [-0.1, -0.05) is 45.4 Å². The smallest absolute Gasteiger partial charge is 0.311 e. The monoisotopic (exact) mass is 820 g/mol. The first-order valence-electron chi connectivity index (χ1n) is 19.6. The lowest BCUT2D eigenvalue weighted by molar-refractivity contribution is -0.256. The van der Waals surface area contributed by atoms with Crippen molar-refractivity contribution in [3.63, 3.8) is 0 Å². The number of esters is 4. The van der Waals surface area contributed by atoms with E-state index in [1.54, 1.807) is 74.4 Å². The Hall–Kier alpha value is -3.82. The van der Waals surface area contributed by atoms with Crippen LogP contribution >= 0.6 is 0 Å². The Kier molecular flexibility index (Phi) is 17.1. The first kappa shape index (κ1) is 49.3. The van der Waals surface area contributed by atoms with Crippen LogP contribution in [0.15, 0.2) is 24.3 Å². The number of anilines is 1. The van der Waals surface area contributed by atoms with Crippen LogP contribution in [0.3, 0.4) is 0 Å². The molecule has 322 valence electrons. The summed E-state index contributed by atoms with van der Waals surface area (Å²) in [6, 6.07) is 5.96. The predicted octanol–water partition coefficient (Wildman–Crippen LogP) is 6.94. The van der Waals surface area contributed by atoms with Gasteiger partial charge in [0.1, 0.15) is 6.04 Å². The van der Waals surface area contributed by atoms with E-state index in [-0.39, 0.29) is 31.1 Å². The van der Waals surface area contributed by atoms with Gasteiger partial charge in [0.15, 0.2) is 32.9 Å². The van der Waals surface area contributed by atoms with Gasteiger partial charge in [0.05, 0.1) is 36.6 Å². The van der Waals surface area contributed by atoms with Crippen molar-refractivity contribution in [2.75, 3.05) is 19.0 Å². The van der Waals surface area contributed by atoms with Crippen LogP contribution < -0.4 is 5.32 Å². The third kappa shape index (κ3) is 14.2. The summed E-state index contributed by atoms with van der Waals surface area (Å²) in [7, 11) is -0.890. The van der Waals surface area contributed by atoms with E-state index in [1.165, 1.54) is 7.11 Å². The lowest BCUT2D eigenvalue weighted by Crippen LogP contribution is -2.65. The Morgan fingerprint density at radius 1 is 0.825 bits per heavy atom. The topological polar surface area (TPSA) is 173 Å². The molecule has 0 bridgehead atoms. The minimum atomic E-state index is -2.18. The highest BCUT2D eigenvalue weighted by Gasteiger charge is 2.53. The molecule has 0 unspecified atom stereocenters. The summed E-state index contributed by atoms with van der Waals surface area (Å²) in [6.45, 7) is 25.3. The van der Waals surface area contributed by atoms with Crippen LogP contribution in [0.1, 0.15) is 114 Å². The van der Waals surface area contributed by atoms with Gasteiger partial charge < -0.3 is 38.3 Å².